The van der Waals surface area contributed by atoms with Gasteiger partial charge in [0.05, 0.1) is 23.9 Å². The molecule has 7 heteroatoms. The molecule has 0 saturated carbocycles. The maximum atomic E-state index is 13.4. The third-order valence-electron chi connectivity index (χ3n) is 6.67. The highest BCUT2D eigenvalue weighted by Gasteiger charge is 2.30. The second kappa shape index (κ2) is 11.8. The van der Waals surface area contributed by atoms with Crippen LogP contribution in [-0.4, -0.2) is 46.3 Å². The Labute approximate surface area is 212 Å². The maximum absolute atomic E-state index is 13.4. The molecule has 0 N–H and O–H groups in total. The van der Waals surface area contributed by atoms with Crippen molar-refractivity contribution in [2.45, 2.75) is 39.2 Å². The summed E-state index contributed by atoms with van der Waals surface area (Å²) in [5.74, 6) is 0.411. The van der Waals surface area contributed by atoms with Crippen LogP contribution in [0.15, 0.2) is 48.5 Å². The van der Waals surface area contributed by atoms with E-state index in [9.17, 15) is 14.9 Å². The topological polar surface area (TPSA) is 88.2 Å². The number of carbonyl (C=O) groups excluding carboxylic acids is 2. The third kappa shape index (κ3) is 5.89. The minimum atomic E-state index is -0.136. The van der Waals surface area contributed by atoms with Crippen molar-refractivity contribution >= 4 is 12.2 Å². The summed E-state index contributed by atoms with van der Waals surface area (Å²) in [5, 5.41) is 9.31. The van der Waals surface area contributed by atoms with Crippen LogP contribution in [0.2, 0.25) is 0 Å². The fraction of sp³-hybridized carbons (Fsp3) is 0.379. The van der Waals surface area contributed by atoms with E-state index in [4.69, 9.17) is 9.72 Å². The number of aldehydes is 1. The van der Waals surface area contributed by atoms with Crippen molar-refractivity contribution in [1.82, 2.24) is 14.5 Å². The fourth-order valence-electron chi connectivity index (χ4n) is 4.70. The molecule has 186 valence electrons. The molecule has 1 saturated heterocycles. The average molecular weight is 485 g/mol. The van der Waals surface area contributed by atoms with Crippen LogP contribution in [0.3, 0.4) is 0 Å². The summed E-state index contributed by atoms with van der Waals surface area (Å²) in [6, 6.07) is 17.7. The van der Waals surface area contributed by atoms with Gasteiger partial charge in [0.1, 0.15) is 17.8 Å². The first kappa shape index (κ1) is 25.3. The summed E-state index contributed by atoms with van der Waals surface area (Å²) in [4.78, 5) is 31.1. The predicted octanol–water partition coefficient (Wildman–Crippen LogP) is 4.47. The molecule has 2 heterocycles. The van der Waals surface area contributed by atoms with Gasteiger partial charge in [-0.15, -0.1) is 0 Å². The molecule has 1 aromatic heterocycles. The van der Waals surface area contributed by atoms with Crippen molar-refractivity contribution in [2.24, 2.45) is 13.0 Å². The summed E-state index contributed by atoms with van der Waals surface area (Å²) in [7, 11) is 1.92. The number of aromatic nitrogens is 2. The van der Waals surface area contributed by atoms with Gasteiger partial charge in [-0.05, 0) is 50.3 Å². The van der Waals surface area contributed by atoms with Gasteiger partial charge in [0.25, 0.3) is 5.91 Å². The van der Waals surface area contributed by atoms with Crippen LogP contribution < -0.4 is 0 Å². The van der Waals surface area contributed by atoms with Gasteiger partial charge >= 0.3 is 0 Å². The van der Waals surface area contributed by atoms with Gasteiger partial charge in [-0.3, -0.25) is 4.79 Å². The van der Waals surface area contributed by atoms with E-state index in [1.807, 2.05) is 29.8 Å². The SMILES string of the molecule is Cc1cccc(COCCCCc2c(C(=O)N3CC[C@H](C=O)C3)nc(-c3cccc(C#N)c3)n2C)c1. The molecule has 0 unspecified atom stereocenters. The van der Waals surface area contributed by atoms with Crippen molar-refractivity contribution in [1.29, 1.82) is 5.26 Å². The lowest BCUT2D eigenvalue weighted by Crippen LogP contribution is -2.30. The fourth-order valence-corrected chi connectivity index (χ4v) is 4.70. The Morgan fingerprint density at radius 2 is 2.06 bits per heavy atom. The van der Waals surface area contributed by atoms with Crippen molar-refractivity contribution in [3.8, 4) is 17.5 Å². The van der Waals surface area contributed by atoms with Crippen LogP contribution in [0, 0.1) is 24.2 Å². The van der Waals surface area contributed by atoms with Gasteiger partial charge in [0, 0.05) is 38.2 Å². The second-order valence-electron chi connectivity index (χ2n) is 9.42. The summed E-state index contributed by atoms with van der Waals surface area (Å²) >= 11 is 0. The number of benzene rings is 2. The second-order valence-corrected chi connectivity index (χ2v) is 9.42. The molecular weight excluding hydrogens is 452 g/mol. The summed E-state index contributed by atoms with van der Waals surface area (Å²) in [6.07, 6.45) is 4.01. The molecule has 0 spiro atoms. The van der Waals surface area contributed by atoms with Crippen LogP contribution in [-0.2, 0) is 29.6 Å². The highest BCUT2D eigenvalue weighted by molar-refractivity contribution is 5.94. The van der Waals surface area contributed by atoms with E-state index in [0.717, 1.165) is 35.9 Å². The molecule has 1 atom stereocenters. The number of nitriles is 1. The zero-order valence-corrected chi connectivity index (χ0v) is 20.9. The van der Waals surface area contributed by atoms with Crippen molar-refractivity contribution in [3.63, 3.8) is 0 Å². The molecule has 1 aliphatic rings. The molecule has 7 nitrogen and oxygen atoms in total. The molecule has 3 aromatic rings. The van der Waals surface area contributed by atoms with Crippen LogP contribution in [0.25, 0.3) is 11.4 Å². The standard InChI is InChI=1S/C29H32N4O3/c1-21-7-5-9-23(15-21)20-36-14-4-3-11-26-27(29(35)33-13-12-24(18-33)19-34)31-28(32(26)2)25-10-6-8-22(16-25)17-30/h5-10,15-16,19,24H,3-4,11-14,18,20H2,1-2H3/t24-/m0/s1. The van der Waals surface area contributed by atoms with Crippen molar-refractivity contribution in [3.05, 3.63) is 76.6 Å². The Morgan fingerprint density at radius 1 is 1.22 bits per heavy atom. The minimum absolute atomic E-state index is 0.113. The average Bonchev–Trinajstić information content (AvgIpc) is 3.51. The molecule has 2 aromatic carbocycles. The first-order valence-corrected chi connectivity index (χ1v) is 12.4. The zero-order valence-electron chi connectivity index (χ0n) is 20.9. The third-order valence-corrected chi connectivity index (χ3v) is 6.67. The van der Waals surface area contributed by atoms with Gasteiger partial charge in [-0.1, -0.05) is 42.0 Å². The zero-order chi connectivity index (χ0) is 25.5. The Bertz CT molecular complexity index is 1270. The molecule has 0 bridgehead atoms. The van der Waals surface area contributed by atoms with Gasteiger partial charge in [0.2, 0.25) is 0 Å². The van der Waals surface area contributed by atoms with Gasteiger partial charge < -0.3 is 19.0 Å². The van der Waals surface area contributed by atoms with E-state index in [0.29, 0.717) is 56.2 Å². The van der Waals surface area contributed by atoms with Crippen LogP contribution >= 0.6 is 0 Å². The maximum Gasteiger partial charge on any atom is 0.274 e. The number of amides is 1. The highest BCUT2D eigenvalue weighted by atomic mass is 16.5. The van der Waals surface area contributed by atoms with Crippen LogP contribution in [0.5, 0.6) is 0 Å². The molecule has 0 aliphatic carbocycles. The van der Waals surface area contributed by atoms with E-state index in [1.165, 1.54) is 5.56 Å². The number of likely N-dealkylation sites (tertiary alicyclic amines) is 1. The molecule has 1 fully saturated rings. The van der Waals surface area contributed by atoms with E-state index in [1.54, 1.807) is 17.0 Å². The van der Waals surface area contributed by atoms with E-state index in [2.05, 4.69) is 31.2 Å². The number of ether oxygens (including phenoxy) is 1. The van der Waals surface area contributed by atoms with Crippen molar-refractivity contribution in [2.75, 3.05) is 19.7 Å². The molecule has 0 radical (unpaired) electrons. The van der Waals surface area contributed by atoms with E-state index < -0.39 is 0 Å². The summed E-state index contributed by atoms with van der Waals surface area (Å²) in [5.41, 5.74) is 5.03. The lowest BCUT2D eigenvalue weighted by atomic mass is 10.1. The van der Waals surface area contributed by atoms with Crippen molar-refractivity contribution < 1.29 is 14.3 Å². The smallest absolute Gasteiger partial charge is 0.274 e. The Morgan fingerprint density at radius 3 is 2.81 bits per heavy atom. The van der Waals surface area contributed by atoms with Gasteiger partial charge in [-0.2, -0.15) is 5.26 Å². The van der Waals surface area contributed by atoms with E-state index >= 15 is 0 Å². The van der Waals surface area contributed by atoms with Crippen LogP contribution in [0.1, 0.15) is 52.1 Å². The number of rotatable bonds is 10. The van der Waals surface area contributed by atoms with Crippen LogP contribution in [0.4, 0.5) is 0 Å². The Balaban J connectivity index is 1.47. The lowest BCUT2D eigenvalue weighted by Gasteiger charge is -2.15. The quantitative estimate of drug-likeness (QED) is 0.313. The lowest BCUT2D eigenvalue weighted by molar-refractivity contribution is -0.110. The number of nitrogens with zero attached hydrogens (tertiary/aromatic N) is 4. The Hall–Kier alpha value is -3.76. The largest absolute Gasteiger partial charge is 0.377 e. The molecule has 36 heavy (non-hydrogen) atoms. The summed E-state index contributed by atoms with van der Waals surface area (Å²) in [6.45, 7) is 4.29. The van der Waals surface area contributed by atoms with Gasteiger partial charge in [0.15, 0.2) is 0 Å². The predicted molar refractivity (Wildman–Crippen MR) is 137 cm³/mol. The molecule has 1 aliphatic heterocycles. The molecule has 4 rings (SSSR count). The first-order chi connectivity index (χ1) is 17.5. The number of aryl methyl sites for hydroxylation is 1. The summed E-state index contributed by atoms with van der Waals surface area (Å²) < 4.78 is 7.83. The number of hydrogen-bond acceptors (Lipinski definition) is 5. The first-order valence-electron chi connectivity index (χ1n) is 12.4. The molecular formula is C29H32N4O3. The number of hydrogen-bond donors (Lipinski definition) is 0. The number of carbonyl (C=O) groups is 2. The number of imidazole rings is 1. The van der Waals surface area contributed by atoms with E-state index in [-0.39, 0.29) is 11.8 Å². The minimum Gasteiger partial charge on any atom is -0.377 e. The monoisotopic (exact) mass is 484 g/mol. The Kier molecular flexibility index (Phi) is 8.29. The van der Waals surface area contributed by atoms with Gasteiger partial charge in [-0.25, -0.2) is 4.98 Å². The number of unbranched alkanes of at least 4 members (excludes halogenated alkanes) is 1. The molecule has 1 amide bonds. The highest BCUT2D eigenvalue weighted by Crippen LogP contribution is 2.26. The normalized spacial score (nSPS) is 15.1.